The fraction of sp³-hybridized carbons (Fsp3) is 0.818. The van der Waals surface area contributed by atoms with Crippen LogP contribution in [0.25, 0.3) is 0 Å². The Morgan fingerprint density at radius 1 is 1.00 bits per heavy atom. The molecule has 1 rings (SSSR count). The quantitative estimate of drug-likeness (QED) is 0.541. The van der Waals surface area contributed by atoms with Crippen molar-refractivity contribution in [3.63, 3.8) is 0 Å². The van der Waals surface area contributed by atoms with Crippen LogP contribution in [0.1, 0.15) is 41.5 Å². The van der Waals surface area contributed by atoms with Gasteiger partial charge in [0.2, 0.25) is 0 Å². The molecule has 0 aromatic rings. The Labute approximate surface area is 81.9 Å². The Morgan fingerprint density at radius 2 is 1.23 bits per heavy atom. The summed E-state index contributed by atoms with van der Waals surface area (Å²) < 4.78 is 10.7. The van der Waals surface area contributed by atoms with Crippen molar-refractivity contribution in [2.45, 2.75) is 52.7 Å². The molecule has 0 aromatic heterocycles. The zero-order valence-electron chi connectivity index (χ0n) is 9.73. The summed E-state index contributed by atoms with van der Waals surface area (Å²) >= 11 is 0. The van der Waals surface area contributed by atoms with Gasteiger partial charge >= 0.3 is 0 Å². The molecule has 0 spiro atoms. The van der Waals surface area contributed by atoms with Crippen LogP contribution in [-0.2, 0) is 9.47 Å². The monoisotopic (exact) mass is 186 g/mol. The highest BCUT2D eigenvalue weighted by Gasteiger charge is 2.44. The molecule has 0 radical (unpaired) electrons. The second kappa shape index (κ2) is 4.25. The lowest BCUT2D eigenvalue weighted by Crippen LogP contribution is -2.41. The summed E-state index contributed by atoms with van der Waals surface area (Å²) in [5.41, 5.74) is 0.903. The molecule has 0 saturated carbocycles. The van der Waals surface area contributed by atoms with Crippen molar-refractivity contribution in [2.24, 2.45) is 0 Å². The van der Waals surface area contributed by atoms with Crippen LogP contribution in [0.4, 0.5) is 0 Å². The average molecular weight is 186 g/mol. The first kappa shape index (κ1) is 12.7. The predicted molar refractivity (Wildman–Crippen MR) is 55.7 cm³/mol. The highest BCUT2D eigenvalue weighted by molar-refractivity contribution is 4.91. The molecule has 1 saturated heterocycles. The predicted octanol–water partition coefficient (Wildman–Crippen LogP) is 3.13. The molecule has 13 heavy (non-hydrogen) atoms. The van der Waals surface area contributed by atoms with Gasteiger partial charge in [0.1, 0.15) is 6.79 Å². The third-order valence-corrected chi connectivity index (χ3v) is 2.29. The van der Waals surface area contributed by atoms with E-state index in [-0.39, 0.29) is 11.2 Å². The number of allylic oxidation sites excluding steroid dienone is 1. The van der Waals surface area contributed by atoms with Crippen molar-refractivity contribution < 1.29 is 9.47 Å². The van der Waals surface area contributed by atoms with Crippen molar-refractivity contribution >= 4 is 0 Å². The normalized spacial score (nSPS) is 23.2. The molecule has 0 aliphatic carbocycles. The maximum Gasteiger partial charge on any atom is 0.148 e. The van der Waals surface area contributed by atoms with E-state index < -0.39 is 0 Å². The molecule has 2 nitrogen and oxygen atoms in total. The second-order valence-electron chi connectivity index (χ2n) is 4.63. The fourth-order valence-corrected chi connectivity index (χ4v) is 0.672. The molecule has 1 fully saturated rings. The maximum absolute atomic E-state index is 5.33. The maximum atomic E-state index is 5.33. The highest BCUT2D eigenvalue weighted by Crippen LogP contribution is 2.34. The van der Waals surface area contributed by atoms with Crippen molar-refractivity contribution in [2.75, 3.05) is 6.79 Å². The van der Waals surface area contributed by atoms with Gasteiger partial charge in [0, 0.05) is 0 Å². The molecular weight excluding hydrogens is 164 g/mol. The molecule has 0 bridgehead atoms. The van der Waals surface area contributed by atoms with Gasteiger partial charge in [0.15, 0.2) is 0 Å². The largest absolute Gasteiger partial charge is 0.347 e. The summed E-state index contributed by atoms with van der Waals surface area (Å²) in [5, 5.41) is 0. The molecule has 78 valence electrons. The molecule has 0 N–H and O–H groups in total. The third kappa shape index (κ3) is 3.92. The molecule has 0 unspecified atom stereocenters. The molecular formula is C11H22O2. The summed E-state index contributed by atoms with van der Waals surface area (Å²) in [6, 6.07) is 0. The zero-order valence-corrected chi connectivity index (χ0v) is 9.73. The van der Waals surface area contributed by atoms with E-state index in [0.29, 0.717) is 6.79 Å². The van der Waals surface area contributed by atoms with Crippen molar-refractivity contribution in [1.29, 1.82) is 0 Å². The first-order valence-corrected chi connectivity index (χ1v) is 4.59. The average Bonchev–Trinajstić information content (AvgIpc) is 2.04. The number of rotatable bonds is 0. The first-order chi connectivity index (χ1) is 5.69. The van der Waals surface area contributed by atoms with E-state index >= 15 is 0 Å². The van der Waals surface area contributed by atoms with E-state index in [0.717, 1.165) is 0 Å². The standard InChI is InChI=1S/C7H14O2.C4H8/c1-6(2)7(3,4)9-5-8-6;1-4(2)3/h5H2,1-4H3;1H2,2-3H3. The fourth-order valence-electron chi connectivity index (χ4n) is 0.672. The molecule has 2 heteroatoms. The summed E-state index contributed by atoms with van der Waals surface area (Å²) in [4.78, 5) is 0. The molecule has 1 aliphatic rings. The number of hydrogen-bond acceptors (Lipinski definition) is 2. The van der Waals surface area contributed by atoms with Crippen LogP contribution in [0, 0.1) is 0 Å². The Balaban J connectivity index is 0.000000310. The minimum Gasteiger partial charge on any atom is -0.347 e. The lowest BCUT2D eigenvalue weighted by atomic mass is 9.90. The molecule has 0 amide bonds. The van der Waals surface area contributed by atoms with Gasteiger partial charge in [-0.15, -0.1) is 6.58 Å². The van der Waals surface area contributed by atoms with Crippen molar-refractivity contribution in [3.05, 3.63) is 12.2 Å². The van der Waals surface area contributed by atoms with Gasteiger partial charge in [-0.2, -0.15) is 0 Å². The van der Waals surface area contributed by atoms with E-state index in [2.05, 4.69) is 6.58 Å². The zero-order chi connectivity index (χ0) is 10.7. The minimum absolute atomic E-state index is 0.132. The number of hydrogen-bond donors (Lipinski definition) is 0. The number of ether oxygens (including phenoxy) is 2. The van der Waals surface area contributed by atoms with Gasteiger partial charge in [-0.25, -0.2) is 0 Å². The van der Waals surface area contributed by atoms with Gasteiger partial charge in [-0.1, -0.05) is 5.57 Å². The van der Waals surface area contributed by atoms with Crippen LogP contribution in [0.5, 0.6) is 0 Å². The molecule has 0 atom stereocenters. The van der Waals surface area contributed by atoms with Gasteiger partial charge < -0.3 is 9.47 Å². The summed E-state index contributed by atoms with van der Waals surface area (Å²) in [5.74, 6) is 0. The van der Waals surface area contributed by atoms with Crippen molar-refractivity contribution in [3.8, 4) is 0 Å². The lowest BCUT2D eigenvalue weighted by molar-refractivity contribution is 0.00578. The van der Waals surface area contributed by atoms with Crippen molar-refractivity contribution in [1.82, 2.24) is 0 Å². The van der Waals surface area contributed by atoms with E-state index in [1.807, 2.05) is 41.5 Å². The summed E-state index contributed by atoms with van der Waals surface area (Å²) in [6.45, 7) is 16.1. The molecule has 0 aromatic carbocycles. The Morgan fingerprint density at radius 3 is 1.31 bits per heavy atom. The van der Waals surface area contributed by atoms with Crippen LogP contribution in [0.3, 0.4) is 0 Å². The van der Waals surface area contributed by atoms with Crippen LogP contribution < -0.4 is 0 Å². The van der Waals surface area contributed by atoms with Crippen LogP contribution in [0.15, 0.2) is 12.2 Å². The smallest absolute Gasteiger partial charge is 0.148 e. The molecule has 1 heterocycles. The van der Waals surface area contributed by atoms with Crippen LogP contribution in [0.2, 0.25) is 0 Å². The van der Waals surface area contributed by atoms with Gasteiger partial charge in [0.05, 0.1) is 11.2 Å². The lowest BCUT2D eigenvalue weighted by Gasteiger charge is -2.30. The van der Waals surface area contributed by atoms with Crippen LogP contribution in [-0.4, -0.2) is 18.0 Å². The van der Waals surface area contributed by atoms with E-state index in [1.165, 1.54) is 5.57 Å². The Bertz CT molecular complexity index is 163. The van der Waals surface area contributed by atoms with Gasteiger partial charge in [0.25, 0.3) is 0 Å². The van der Waals surface area contributed by atoms with E-state index in [9.17, 15) is 0 Å². The van der Waals surface area contributed by atoms with E-state index in [4.69, 9.17) is 9.47 Å². The third-order valence-electron chi connectivity index (χ3n) is 2.29. The van der Waals surface area contributed by atoms with Gasteiger partial charge in [-0.3, -0.25) is 0 Å². The highest BCUT2D eigenvalue weighted by atomic mass is 16.7. The summed E-state index contributed by atoms with van der Waals surface area (Å²) in [7, 11) is 0. The minimum atomic E-state index is -0.132. The first-order valence-electron chi connectivity index (χ1n) is 4.59. The Kier molecular flexibility index (Phi) is 4.14. The molecule has 1 aliphatic heterocycles. The Hall–Kier alpha value is -0.340. The topological polar surface area (TPSA) is 18.5 Å². The van der Waals surface area contributed by atoms with Gasteiger partial charge in [-0.05, 0) is 41.5 Å². The SMILES string of the molecule is C=C(C)C.CC1(C)OCOC1(C)C. The van der Waals surface area contributed by atoms with E-state index in [1.54, 1.807) is 0 Å². The summed E-state index contributed by atoms with van der Waals surface area (Å²) in [6.07, 6.45) is 0. The van der Waals surface area contributed by atoms with Crippen LogP contribution >= 0.6 is 0 Å². The second-order valence-corrected chi connectivity index (χ2v) is 4.63.